The summed E-state index contributed by atoms with van der Waals surface area (Å²) in [7, 11) is -3.03. The zero-order chi connectivity index (χ0) is 15.6. The third-order valence-corrected chi connectivity index (χ3v) is 5.44. The largest absolute Gasteiger partial charge is 0.479 e. The molecule has 0 aromatic heterocycles. The second-order valence-corrected chi connectivity index (χ2v) is 8.02. The number of sulfone groups is 1. The molecule has 2 rings (SSSR count). The number of amides is 1. The van der Waals surface area contributed by atoms with Crippen molar-refractivity contribution in [1.29, 1.82) is 0 Å². The van der Waals surface area contributed by atoms with Gasteiger partial charge in [0.05, 0.1) is 16.5 Å². The maximum Gasteiger partial charge on any atom is 0.261 e. The predicted octanol–water partition coefficient (Wildman–Crippen LogP) is 2.06. The average molecular weight is 352 g/mol. The van der Waals surface area contributed by atoms with Crippen molar-refractivity contribution < 1.29 is 17.9 Å². The van der Waals surface area contributed by atoms with E-state index in [2.05, 4.69) is 5.32 Å². The van der Waals surface area contributed by atoms with Gasteiger partial charge in [0.25, 0.3) is 5.91 Å². The van der Waals surface area contributed by atoms with Crippen LogP contribution in [0, 0.1) is 0 Å². The van der Waals surface area contributed by atoms with Crippen LogP contribution >= 0.6 is 23.2 Å². The highest BCUT2D eigenvalue weighted by molar-refractivity contribution is 7.91. The molecule has 2 atom stereocenters. The number of hydrogen-bond donors (Lipinski definition) is 1. The first kappa shape index (κ1) is 16.4. The highest BCUT2D eigenvalue weighted by Gasteiger charge is 2.30. The molecule has 1 aliphatic heterocycles. The minimum Gasteiger partial charge on any atom is -0.479 e. The van der Waals surface area contributed by atoms with Gasteiger partial charge in [0.2, 0.25) is 0 Å². The summed E-state index contributed by atoms with van der Waals surface area (Å²) in [6.45, 7) is 1.57. The van der Waals surface area contributed by atoms with Gasteiger partial charge in [-0.15, -0.1) is 0 Å². The number of rotatable bonds is 4. The van der Waals surface area contributed by atoms with Crippen molar-refractivity contribution in [3.8, 4) is 5.75 Å². The van der Waals surface area contributed by atoms with E-state index in [4.69, 9.17) is 27.9 Å². The number of hydrogen-bond acceptors (Lipinski definition) is 4. The molecule has 1 aromatic rings. The molecule has 1 saturated heterocycles. The number of carbonyl (C=O) groups is 1. The predicted molar refractivity (Wildman–Crippen MR) is 81.8 cm³/mol. The molecule has 1 amide bonds. The van der Waals surface area contributed by atoms with Crippen LogP contribution in [-0.4, -0.2) is 38.0 Å². The van der Waals surface area contributed by atoms with Crippen LogP contribution < -0.4 is 10.1 Å². The minimum atomic E-state index is -3.03. The molecular formula is C13H15Cl2NO4S. The molecule has 1 aliphatic rings. The fraction of sp³-hybridized carbons (Fsp3) is 0.462. The first-order chi connectivity index (χ1) is 9.77. The van der Waals surface area contributed by atoms with Gasteiger partial charge in [-0.1, -0.05) is 23.2 Å². The monoisotopic (exact) mass is 351 g/mol. The molecule has 0 saturated carbocycles. The van der Waals surface area contributed by atoms with Crippen LogP contribution in [0.1, 0.15) is 13.3 Å². The molecule has 0 spiro atoms. The zero-order valence-corrected chi connectivity index (χ0v) is 13.6. The number of nitrogens with one attached hydrogen (secondary N) is 1. The Kier molecular flexibility index (Phi) is 5.01. The summed E-state index contributed by atoms with van der Waals surface area (Å²) in [5.41, 5.74) is 0. The van der Waals surface area contributed by atoms with Crippen molar-refractivity contribution in [2.75, 3.05) is 11.5 Å². The van der Waals surface area contributed by atoms with E-state index >= 15 is 0 Å². The third kappa shape index (κ3) is 4.49. The van der Waals surface area contributed by atoms with Gasteiger partial charge in [-0.2, -0.15) is 0 Å². The van der Waals surface area contributed by atoms with Crippen LogP contribution in [0.25, 0.3) is 0 Å². The summed E-state index contributed by atoms with van der Waals surface area (Å²) >= 11 is 11.7. The lowest BCUT2D eigenvalue weighted by Crippen LogP contribution is -2.43. The lowest BCUT2D eigenvalue weighted by Gasteiger charge is -2.18. The van der Waals surface area contributed by atoms with Crippen molar-refractivity contribution >= 4 is 38.9 Å². The first-order valence-electron chi connectivity index (χ1n) is 6.39. The van der Waals surface area contributed by atoms with Gasteiger partial charge in [-0.25, -0.2) is 8.42 Å². The van der Waals surface area contributed by atoms with E-state index in [-0.39, 0.29) is 23.5 Å². The summed E-state index contributed by atoms with van der Waals surface area (Å²) in [5.74, 6) is 0.0643. The lowest BCUT2D eigenvalue weighted by atomic mass is 10.2. The Morgan fingerprint density at radius 1 is 1.43 bits per heavy atom. The van der Waals surface area contributed by atoms with Crippen LogP contribution in [0.3, 0.4) is 0 Å². The second-order valence-electron chi connectivity index (χ2n) is 4.94. The molecule has 21 heavy (non-hydrogen) atoms. The van der Waals surface area contributed by atoms with Crippen LogP contribution in [-0.2, 0) is 14.6 Å². The van der Waals surface area contributed by atoms with E-state index in [9.17, 15) is 13.2 Å². The van der Waals surface area contributed by atoms with Crippen LogP contribution in [0.4, 0.5) is 0 Å². The summed E-state index contributed by atoms with van der Waals surface area (Å²) in [5, 5.41) is 3.46. The van der Waals surface area contributed by atoms with Crippen molar-refractivity contribution in [3.63, 3.8) is 0 Å². The highest BCUT2D eigenvalue weighted by Crippen LogP contribution is 2.28. The summed E-state index contributed by atoms with van der Waals surface area (Å²) < 4.78 is 28.2. The molecule has 0 unspecified atom stereocenters. The van der Waals surface area contributed by atoms with E-state index in [0.717, 1.165) is 0 Å². The Labute approximate surface area is 133 Å². The minimum absolute atomic E-state index is 0.0207. The van der Waals surface area contributed by atoms with Crippen molar-refractivity contribution in [2.45, 2.75) is 25.5 Å². The number of halogens is 2. The second kappa shape index (κ2) is 6.42. The van der Waals surface area contributed by atoms with Gasteiger partial charge in [0.15, 0.2) is 15.9 Å². The standard InChI is InChI=1S/C13H15Cl2NO4S/c1-8(20-12-3-2-9(14)6-11(12)15)13(17)16-10-4-5-21(18,19)7-10/h2-3,6,8,10H,4-5,7H2,1H3,(H,16,17)/t8-,10+/m0/s1. The summed E-state index contributed by atoms with van der Waals surface area (Å²) in [6, 6.07) is 4.35. The van der Waals surface area contributed by atoms with E-state index in [0.29, 0.717) is 22.2 Å². The number of ether oxygens (including phenoxy) is 1. The van der Waals surface area contributed by atoms with Crippen LogP contribution in [0.2, 0.25) is 10.0 Å². The topological polar surface area (TPSA) is 72.5 Å². The molecule has 5 nitrogen and oxygen atoms in total. The van der Waals surface area contributed by atoms with E-state index < -0.39 is 15.9 Å². The maximum absolute atomic E-state index is 12.0. The smallest absolute Gasteiger partial charge is 0.261 e. The van der Waals surface area contributed by atoms with E-state index in [1.165, 1.54) is 6.07 Å². The Hall–Kier alpha value is -0.980. The van der Waals surface area contributed by atoms with Gasteiger partial charge < -0.3 is 10.1 Å². The van der Waals surface area contributed by atoms with Crippen molar-refractivity contribution in [3.05, 3.63) is 28.2 Å². The van der Waals surface area contributed by atoms with Crippen LogP contribution in [0.15, 0.2) is 18.2 Å². The molecule has 8 heteroatoms. The average Bonchev–Trinajstić information content (AvgIpc) is 2.72. The van der Waals surface area contributed by atoms with Gasteiger partial charge in [-0.05, 0) is 31.5 Å². The molecule has 1 heterocycles. The number of carbonyl (C=O) groups excluding carboxylic acids is 1. The maximum atomic E-state index is 12.0. The molecule has 1 N–H and O–H groups in total. The van der Waals surface area contributed by atoms with Gasteiger partial charge >= 0.3 is 0 Å². The quantitative estimate of drug-likeness (QED) is 0.900. The third-order valence-electron chi connectivity index (χ3n) is 3.15. The highest BCUT2D eigenvalue weighted by atomic mass is 35.5. The molecule has 116 valence electrons. The molecule has 0 aliphatic carbocycles. The molecule has 0 bridgehead atoms. The SMILES string of the molecule is C[C@H](Oc1ccc(Cl)cc1Cl)C(=O)N[C@@H]1CCS(=O)(=O)C1. The summed E-state index contributed by atoms with van der Waals surface area (Å²) in [6.07, 6.45) is -0.352. The van der Waals surface area contributed by atoms with E-state index in [1.807, 2.05) is 0 Å². The Bertz CT molecular complexity index is 648. The fourth-order valence-electron chi connectivity index (χ4n) is 2.04. The van der Waals surface area contributed by atoms with Crippen molar-refractivity contribution in [2.24, 2.45) is 0 Å². The van der Waals surface area contributed by atoms with Crippen molar-refractivity contribution in [1.82, 2.24) is 5.32 Å². The Morgan fingerprint density at radius 3 is 2.71 bits per heavy atom. The Balaban J connectivity index is 1.94. The molecule has 0 radical (unpaired) electrons. The fourth-order valence-corrected chi connectivity index (χ4v) is 4.17. The van der Waals surface area contributed by atoms with E-state index in [1.54, 1.807) is 19.1 Å². The summed E-state index contributed by atoms with van der Waals surface area (Å²) in [4.78, 5) is 12.0. The molecule has 1 aromatic carbocycles. The molecule has 1 fully saturated rings. The molecular weight excluding hydrogens is 337 g/mol. The lowest BCUT2D eigenvalue weighted by molar-refractivity contribution is -0.127. The van der Waals surface area contributed by atoms with Gasteiger partial charge in [0, 0.05) is 11.1 Å². The normalized spacial score (nSPS) is 21.8. The zero-order valence-electron chi connectivity index (χ0n) is 11.3. The Morgan fingerprint density at radius 2 is 2.14 bits per heavy atom. The van der Waals surface area contributed by atoms with Gasteiger partial charge in [0.1, 0.15) is 5.75 Å². The number of benzene rings is 1. The first-order valence-corrected chi connectivity index (χ1v) is 8.97. The van der Waals surface area contributed by atoms with Gasteiger partial charge in [-0.3, -0.25) is 4.79 Å². The van der Waals surface area contributed by atoms with Crippen LogP contribution in [0.5, 0.6) is 5.75 Å².